The van der Waals surface area contributed by atoms with Crippen molar-refractivity contribution in [1.29, 1.82) is 0 Å². The predicted molar refractivity (Wildman–Crippen MR) is 59.1 cm³/mol. The topological polar surface area (TPSA) is 67.5 Å². The third-order valence-corrected chi connectivity index (χ3v) is 2.29. The molecule has 0 aromatic heterocycles. The van der Waals surface area contributed by atoms with E-state index in [1.807, 2.05) is 6.92 Å². The second-order valence-electron chi connectivity index (χ2n) is 3.73. The standard InChI is InChI=1S/C10H21N3O/c1-4-8(2)6-5-7-9(3)12-13-10(11)14/h8H,4-7H2,1-3H3,(H3,11,13,14)/b12-9+/t8-/m0/s1. The van der Waals surface area contributed by atoms with Crippen molar-refractivity contribution in [2.75, 3.05) is 0 Å². The number of urea groups is 1. The van der Waals surface area contributed by atoms with Crippen LogP contribution in [0.1, 0.15) is 46.5 Å². The molecule has 0 rings (SSSR count). The molecule has 82 valence electrons. The van der Waals surface area contributed by atoms with E-state index in [2.05, 4.69) is 24.4 Å². The van der Waals surface area contributed by atoms with Crippen LogP contribution >= 0.6 is 0 Å². The minimum Gasteiger partial charge on any atom is -0.350 e. The molecule has 1 atom stereocenters. The SMILES string of the molecule is CC[C@H](C)CCC/C(C)=N/NC(N)=O. The average molecular weight is 199 g/mol. The van der Waals surface area contributed by atoms with Crippen LogP contribution in [0.5, 0.6) is 0 Å². The molecule has 4 nitrogen and oxygen atoms in total. The summed E-state index contributed by atoms with van der Waals surface area (Å²) in [5.41, 5.74) is 8.03. The number of hydrogen-bond donors (Lipinski definition) is 2. The fourth-order valence-electron chi connectivity index (χ4n) is 1.12. The fraction of sp³-hybridized carbons (Fsp3) is 0.800. The summed E-state index contributed by atoms with van der Waals surface area (Å²) < 4.78 is 0. The van der Waals surface area contributed by atoms with E-state index in [0.717, 1.165) is 24.5 Å². The molecule has 0 bridgehead atoms. The van der Waals surface area contributed by atoms with Crippen molar-refractivity contribution in [3.05, 3.63) is 0 Å². The summed E-state index contributed by atoms with van der Waals surface area (Å²) in [5.74, 6) is 0.770. The molecule has 2 amide bonds. The molecule has 0 saturated heterocycles. The zero-order valence-corrected chi connectivity index (χ0v) is 9.34. The molecule has 0 aromatic rings. The highest BCUT2D eigenvalue weighted by Crippen LogP contribution is 2.11. The molecule has 0 aromatic carbocycles. The van der Waals surface area contributed by atoms with Gasteiger partial charge in [-0.3, -0.25) is 0 Å². The summed E-state index contributed by atoms with van der Waals surface area (Å²) in [5, 5.41) is 3.84. The number of nitrogens with zero attached hydrogens (tertiary/aromatic N) is 1. The van der Waals surface area contributed by atoms with Crippen LogP contribution < -0.4 is 11.2 Å². The number of amides is 2. The van der Waals surface area contributed by atoms with Crippen LogP contribution in [0.2, 0.25) is 0 Å². The first-order valence-corrected chi connectivity index (χ1v) is 5.14. The van der Waals surface area contributed by atoms with Gasteiger partial charge in [-0.05, 0) is 25.7 Å². The van der Waals surface area contributed by atoms with Gasteiger partial charge in [-0.25, -0.2) is 10.2 Å². The Morgan fingerprint density at radius 1 is 1.57 bits per heavy atom. The van der Waals surface area contributed by atoms with Crippen LogP contribution in [0.4, 0.5) is 4.79 Å². The normalized spacial score (nSPS) is 13.8. The van der Waals surface area contributed by atoms with E-state index in [0.29, 0.717) is 0 Å². The van der Waals surface area contributed by atoms with Crippen LogP contribution in [-0.2, 0) is 0 Å². The molecular weight excluding hydrogens is 178 g/mol. The zero-order valence-electron chi connectivity index (χ0n) is 9.34. The lowest BCUT2D eigenvalue weighted by atomic mass is 10.0. The second kappa shape index (κ2) is 7.35. The number of hydrazone groups is 1. The molecule has 0 aliphatic rings. The van der Waals surface area contributed by atoms with Gasteiger partial charge in [0.05, 0.1) is 0 Å². The molecule has 14 heavy (non-hydrogen) atoms. The summed E-state index contributed by atoms with van der Waals surface area (Å²) in [6.07, 6.45) is 4.46. The number of carbonyl (C=O) groups excluding carboxylic acids is 1. The minimum atomic E-state index is -0.605. The third kappa shape index (κ3) is 7.58. The molecular formula is C10H21N3O. The summed E-state index contributed by atoms with van der Waals surface area (Å²) >= 11 is 0. The Bertz CT molecular complexity index is 202. The Balaban J connectivity index is 3.57. The lowest BCUT2D eigenvalue weighted by molar-refractivity contribution is 0.249. The summed E-state index contributed by atoms with van der Waals surface area (Å²) in [7, 11) is 0. The summed E-state index contributed by atoms with van der Waals surface area (Å²) in [6, 6.07) is -0.605. The third-order valence-electron chi connectivity index (χ3n) is 2.29. The van der Waals surface area contributed by atoms with Crippen molar-refractivity contribution < 1.29 is 4.79 Å². The van der Waals surface area contributed by atoms with Gasteiger partial charge in [0.15, 0.2) is 0 Å². The Morgan fingerprint density at radius 2 is 2.21 bits per heavy atom. The molecule has 0 unspecified atom stereocenters. The molecule has 3 N–H and O–H groups in total. The van der Waals surface area contributed by atoms with Crippen LogP contribution in [-0.4, -0.2) is 11.7 Å². The molecule has 0 aliphatic heterocycles. The van der Waals surface area contributed by atoms with Crippen molar-refractivity contribution in [1.82, 2.24) is 5.43 Å². The first-order valence-electron chi connectivity index (χ1n) is 5.14. The fourth-order valence-corrected chi connectivity index (χ4v) is 1.12. The molecule has 0 heterocycles. The second-order valence-corrected chi connectivity index (χ2v) is 3.73. The van der Waals surface area contributed by atoms with Crippen LogP contribution in [0.15, 0.2) is 5.10 Å². The largest absolute Gasteiger partial charge is 0.350 e. The van der Waals surface area contributed by atoms with Gasteiger partial charge < -0.3 is 5.73 Å². The number of rotatable bonds is 6. The lowest BCUT2D eigenvalue weighted by Crippen LogP contribution is -2.25. The average Bonchev–Trinajstić information content (AvgIpc) is 2.14. The van der Waals surface area contributed by atoms with E-state index >= 15 is 0 Å². The Morgan fingerprint density at radius 3 is 2.71 bits per heavy atom. The van der Waals surface area contributed by atoms with Gasteiger partial charge in [-0.1, -0.05) is 26.7 Å². The van der Waals surface area contributed by atoms with Gasteiger partial charge in [0, 0.05) is 5.71 Å². The van der Waals surface area contributed by atoms with Gasteiger partial charge in [0.25, 0.3) is 0 Å². The van der Waals surface area contributed by atoms with Gasteiger partial charge in [-0.2, -0.15) is 5.10 Å². The molecule has 0 saturated carbocycles. The zero-order chi connectivity index (χ0) is 11.0. The maximum Gasteiger partial charge on any atom is 0.332 e. The van der Waals surface area contributed by atoms with Crippen LogP contribution in [0, 0.1) is 5.92 Å². The van der Waals surface area contributed by atoms with E-state index in [9.17, 15) is 4.79 Å². The Labute approximate surface area is 85.9 Å². The first-order chi connectivity index (χ1) is 6.56. The number of carbonyl (C=O) groups is 1. The van der Waals surface area contributed by atoms with Crippen molar-refractivity contribution in [2.24, 2.45) is 16.8 Å². The van der Waals surface area contributed by atoms with Crippen LogP contribution in [0.25, 0.3) is 0 Å². The van der Waals surface area contributed by atoms with Crippen molar-refractivity contribution in [2.45, 2.75) is 46.5 Å². The highest BCUT2D eigenvalue weighted by Gasteiger charge is 1.99. The highest BCUT2D eigenvalue weighted by molar-refractivity contribution is 5.83. The smallest absolute Gasteiger partial charge is 0.332 e. The lowest BCUT2D eigenvalue weighted by Gasteiger charge is -2.07. The van der Waals surface area contributed by atoms with Gasteiger partial charge in [-0.15, -0.1) is 0 Å². The number of primary amides is 1. The molecule has 4 heteroatoms. The van der Waals surface area contributed by atoms with E-state index in [1.165, 1.54) is 12.8 Å². The number of nitrogens with one attached hydrogen (secondary N) is 1. The maximum absolute atomic E-state index is 10.3. The number of hydrogen-bond acceptors (Lipinski definition) is 2. The molecule has 0 aliphatic carbocycles. The van der Waals surface area contributed by atoms with E-state index in [1.54, 1.807) is 0 Å². The Hall–Kier alpha value is -1.06. The predicted octanol–water partition coefficient (Wildman–Crippen LogP) is 2.25. The molecule has 0 spiro atoms. The van der Waals surface area contributed by atoms with Gasteiger partial charge in [0.2, 0.25) is 0 Å². The van der Waals surface area contributed by atoms with Gasteiger partial charge >= 0.3 is 6.03 Å². The minimum absolute atomic E-state index is 0.605. The Kier molecular flexibility index (Phi) is 6.80. The van der Waals surface area contributed by atoms with Gasteiger partial charge in [0.1, 0.15) is 0 Å². The quantitative estimate of drug-likeness (QED) is 0.500. The molecule has 0 radical (unpaired) electrons. The monoisotopic (exact) mass is 199 g/mol. The molecule has 0 fully saturated rings. The summed E-state index contributed by atoms with van der Waals surface area (Å²) in [6.45, 7) is 6.33. The van der Waals surface area contributed by atoms with E-state index in [-0.39, 0.29) is 0 Å². The highest BCUT2D eigenvalue weighted by atomic mass is 16.2. The van der Waals surface area contributed by atoms with E-state index < -0.39 is 6.03 Å². The number of nitrogens with two attached hydrogens (primary N) is 1. The van der Waals surface area contributed by atoms with Crippen molar-refractivity contribution >= 4 is 11.7 Å². The van der Waals surface area contributed by atoms with Crippen molar-refractivity contribution in [3.8, 4) is 0 Å². The van der Waals surface area contributed by atoms with E-state index in [4.69, 9.17) is 5.73 Å². The maximum atomic E-state index is 10.3. The summed E-state index contributed by atoms with van der Waals surface area (Å²) in [4.78, 5) is 10.3. The van der Waals surface area contributed by atoms with Crippen LogP contribution in [0.3, 0.4) is 0 Å². The van der Waals surface area contributed by atoms with Crippen molar-refractivity contribution in [3.63, 3.8) is 0 Å². The first kappa shape index (κ1) is 12.9.